The second-order valence-corrected chi connectivity index (χ2v) is 7.85. The quantitative estimate of drug-likeness (QED) is 0.418. The van der Waals surface area contributed by atoms with E-state index in [0.717, 1.165) is 0 Å². The lowest BCUT2D eigenvalue weighted by atomic mass is 10.0. The first-order chi connectivity index (χ1) is 16.4. The maximum atomic E-state index is 13.4. The Morgan fingerprint density at radius 3 is 2.38 bits per heavy atom. The molecular weight excluding hydrogens is 454 g/mol. The molecule has 1 heterocycles. The number of aryl methyl sites for hydroxylation is 1. The van der Waals surface area contributed by atoms with Gasteiger partial charge >= 0.3 is 0 Å². The number of ether oxygens (including phenoxy) is 2. The summed E-state index contributed by atoms with van der Waals surface area (Å²) in [5, 5.41) is 7.85. The highest BCUT2D eigenvalue weighted by atomic mass is 35.5. The van der Waals surface area contributed by atoms with E-state index in [4.69, 9.17) is 21.1 Å². The van der Waals surface area contributed by atoms with Crippen molar-refractivity contribution in [1.29, 1.82) is 0 Å². The average molecular weight is 476 g/mol. The molecule has 1 aromatic heterocycles. The molecule has 0 saturated carbocycles. The maximum absolute atomic E-state index is 13.4. The highest BCUT2D eigenvalue weighted by molar-refractivity contribution is 6.30. The number of hydrogen-bond acceptors (Lipinski definition) is 5. The third kappa shape index (κ3) is 4.51. The Balaban J connectivity index is 1.96. The number of aromatic nitrogens is 2. The summed E-state index contributed by atoms with van der Waals surface area (Å²) in [7, 11) is 3.08. The second kappa shape index (κ2) is 9.80. The van der Waals surface area contributed by atoms with E-state index < -0.39 is 5.91 Å². The fraction of sp³-hybridized carbons (Fsp3) is 0.115. The molecule has 0 bridgehead atoms. The molecule has 3 aromatic carbocycles. The van der Waals surface area contributed by atoms with Crippen molar-refractivity contribution in [2.24, 2.45) is 0 Å². The molecule has 0 aliphatic carbocycles. The molecule has 1 N–H and O–H groups in total. The first-order valence-corrected chi connectivity index (χ1v) is 10.8. The topological polar surface area (TPSA) is 82.4 Å². The first kappa shape index (κ1) is 23.1. The fourth-order valence-electron chi connectivity index (χ4n) is 3.57. The highest BCUT2D eigenvalue weighted by Gasteiger charge is 2.23. The van der Waals surface area contributed by atoms with Gasteiger partial charge in [0.2, 0.25) is 5.43 Å². The molecule has 172 valence electrons. The second-order valence-electron chi connectivity index (χ2n) is 7.41. The smallest absolute Gasteiger partial charge is 0.256 e. The van der Waals surface area contributed by atoms with Crippen molar-refractivity contribution in [2.45, 2.75) is 6.92 Å². The fourth-order valence-corrected chi connectivity index (χ4v) is 3.76. The van der Waals surface area contributed by atoms with Crippen LogP contribution in [-0.4, -0.2) is 29.9 Å². The van der Waals surface area contributed by atoms with Crippen LogP contribution in [0.3, 0.4) is 0 Å². The molecular formula is C26H22ClN3O4. The zero-order valence-electron chi connectivity index (χ0n) is 18.8. The SMILES string of the molecule is COc1ccc(C(=O)Nc2c(-c3ccccc3OC)c(=O)c(C)nn2-c2cccc(Cl)c2)cc1. The molecule has 0 radical (unpaired) electrons. The summed E-state index contributed by atoms with van der Waals surface area (Å²) in [6, 6.07) is 20.8. The average Bonchev–Trinajstić information content (AvgIpc) is 2.86. The van der Waals surface area contributed by atoms with E-state index in [2.05, 4.69) is 10.4 Å². The number of anilines is 1. The molecule has 0 unspecified atom stereocenters. The van der Waals surface area contributed by atoms with Gasteiger partial charge in [0, 0.05) is 16.1 Å². The van der Waals surface area contributed by atoms with Crippen molar-refractivity contribution >= 4 is 23.3 Å². The monoisotopic (exact) mass is 475 g/mol. The van der Waals surface area contributed by atoms with E-state index in [1.165, 1.54) is 11.8 Å². The zero-order valence-corrected chi connectivity index (χ0v) is 19.6. The van der Waals surface area contributed by atoms with Crippen LogP contribution in [0.4, 0.5) is 5.82 Å². The van der Waals surface area contributed by atoms with Gasteiger partial charge in [-0.1, -0.05) is 35.9 Å². The summed E-state index contributed by atoms with van der Waals surface area (Å²) in [6.45, 7) is 1.62. The molecule has 4 aromatic rings. The number of hydrogen-bond donors (Lipinski definition) is 1. The van der Waals surface area contributed by atoms with Gasteiger partial charge in [0.15, 0.2) is 0 Å². The molecule has 0 fully saturated rings. The van der Waals surface area contributed by atoms with Crippen LogP contribution in [0.15, 0.2) is 77.6 Å². The van der Waals surface area contributed by atoms with E-state index in [1.807, 2.05) is 6.07 Å². The summed E-state index contributed by atoms with van der Waals surface area (Å²) in [5.41, 5.74) is 1.68. The molecule has 0 spiro atoms. The molecule has 0 atom stereocenters. The summed E-state index contributed by atoms with van der Waals surface area (Å²) < 4.78 is 12.2. The molecule has 34 heavy (non-hydrogen) atoms. The summed E-state index contributed by atoms with van der Waals surface area (Å²) >= 11 is 6.23. The molecule has 0 aliphatic rings. The predicted octanol–water partition coefficient (Wildman–Crippen LogP) is 5.13. The zero-order chi connectivity index (χ0) is 24.2. The van der Waals surface area contributed by atoms with Crippen LogP contribution in [0.2, 0.25) is 5.02 Å². The third-order valence-electron chi connectivity index (χ3n) is 5.27. The Hall–Kier alpha value is -4.10. The lowest BCUT2D eigenvalue weighted by molar-refractivity contribution is 0.102. The van der Waals surface area contributed by atoms with Gasteiger partial charge in [-0.25, -0.2) is 4.68 Å². The van der Waals surface area contributed by atoms with Crippen LogP contribution >= 0.6 is 11.6 Å². The molecule has 7 nitrogen and oxygen atoms in total. The highest BCUT2D eigenvalue weighted by Crippen LogP contribution is 2.34. The summed E-state index contributed by atoms with van der Waals surface area (Å²) in [4.78, 5) is 26.6. The minimum atomic E-state index is -0.417. The molecule has 0 saturated heterocycles. The van der Waals surface area contributed by atoms with Crippen LogP contribution in [0.5, 0.6) is 11.5 Å². The Labute approximate surface area is 201 Å². The van der Waals surface area contributed by atoms with Gasteiger partial charge in [0.25, 0.3) is 5.91 Å². The van der Waals surface area contributed by atoms with Gasteiger partial charge in [-0.05, 0) is 55.5 Å². The van der Waals surface area contributed by atoms with E-state index >= 15 is 0 Å². The van der Waals surface area contributed by atoms with Crippen molar-refractivity contribution in [2.75, 3.05) is 19.5 Å². The first-order valence-electron chi connectivity index (χ1n) is 10.4. The Morgan fingerprint density at radius 1 is 0.971 bits per heavy atom. The summed E-state index contributed by atoms with van der Waals surface area (Å²) in [5.74, 6) is 0.893. The van der Waals surface area contributed by atoms with Crippen LogP contribution < -0.4 is 20.2 Å². The number of amides is 1. The normalized spacial score (nSPS) is 10.6. The van der Waals surface area contributed by atoms with Crippen molar-refractivity contribution in [3.63, 3.8) is 0 Å². The molecule has 4 rings (SSSR count). The number of carbonyl (C=O) groups is 1. The largest absolute Gasteiger partial charge is 0.497 e. The van der Waals surface area contributed by atoms with Gasteiger partial charge in [-0.3, -0.25) is 9.59 Å². The van der Waals surface area contributed by atoms with Crippen LogP contribution in [0, 0.1) is 6.92 Å². The van der Waals surface area contributed by atoms with Crippen LogP contribution in [0.25, 0.3) is 16.8 Å². The number of nitrogens with zero attached hydrogens (tertiary/aromatic N) is 2. The molecule has 1 amide bonds. The van der Waals surface area contributed by atoms with Crippen molar-refractivity contribution in [1.82, 2.24) is 9.78 Å². The van der Waals surface area contributed by atoms with Gasteiger partial charge in [0.1, 0.15) is 23.0 Å². The number of nitrogens with one attached hydrogen (secondary N) is 1. The lowest BCUT2D eigenvalue weighted by Crippen LogP contribution is -2.25. The van der Waals surface area contributed by atoms with E-state index in [9.17, 15) is 9.59 Å². The van der Waals surface area contributed by atoms with Crippen LogP contribution in [0.1, 0.15) is 16.1 Å². The minimum Gasteiger partial charge on any atom is -0.497 e. The maximum Gasteiger partial charge on any atom is 0.256 e. The predicted molar refractivity (Wildman–Crippen MR) is 133 cm³/mol. The van der Waals surface area contributed by atoms with Gasteiger partial charge < -0.3 is 14.8 Å². The molecule has 8 heteroatoms. The molecule has 0 aliphatic heterocycles. The number of para-hydroxylation sites is 1. The lowest BCUT2D eigenvalue weighted by Gasteiger charge is -2.19. The number of methoxy groups -OCH3 is 2. The number of carbonyl (C=O) groups excluding carboxylic acids is 1. The van der Waals surface area contributed by atoms with Gasteiger partial charge in [-0.2, -0.15) is 5.10 Å². The Morgan fingerprint density at radius 2 is 1.71 bits per heavy atom. The van der Waals surface area contributed by atoms with E-state index in [1.54, 1.807) is 80.8 Å². The summed E-state index contributed by atoms with van der Waals surface area (Å²) in [6.07, 6.45) is 0. The Bertz CT molecular complexity index is 1410. The van der Waals surface area contributed by atoms with Crippen molar-refractivity contribution in [3.05, 3.63) is 99.3 Å². The third-order valence-corrected chi connectivity index (χ3v) is 5.50. The van der Waals surface area contributed by atoms with Crippen LogP contribution in [-0.2, 0) is 0 Å². The van der Waals surface area contributed by atoms with E-state index in [0.29, 0.717) is 33.3 Å². The van der Waals surface area contributed by atoms with Gasteiger partial charge in [-0.15, -0.1) is 0 Å². The number of halogens is 1. The minimum absolute atomic E-state index is 0.197. The standard InChI is InChI=1S/C26H22ClN3O4/c1-16-24(31)23(21-9-4-5-10-22(21)34-3)25(30(29-16)19-8-6-7-18(27)15-19)28-26(32)17-11-13-20(33-2)14-12-17/h4-15H,1-3H3,(H,28,32). The number of rotatable bonds is 6. The van der Waals surface area contributed by atoms with E-state index in [-0.39, 0.29) is 22.5 Å². The Kier molecular flexibility index (Phi) is 6.65. The van der Waals surface area contributed by atoms with Crippen molar-refractivity contribution in [3.8, 4) is 28.3 Å². The van der Waals surface area contributed by atoms with Crippen molar-refractivity contribution < 1.29 is 14.3 Å². The van der Waals surface area contributed by atoms with Gasteiger partial charge in [0.05, 0.1) is 25.5 Å². The number of benzene rings is 3.